The van der Waals surface area contributed by atoms with Gasteiger partial charge >= 0.3 is 0 Å². The molecule has 0 saturated carbocycles. The fourth-order valence-corrected chi connectivity index (χ4v) is 1.11. The van der Waals surface area contributed by atoms with E-state index in [2.05, 4.69) is 0 Å². The van der Waals surface area contributed by atoms with Gasteiger partial charge in [-0.15, -0.1) is 0 Å². The van der Waals surface area contributed by atoms with Crippen LogP contribution in [0.25, 0.3) is 0 Å². The van der Waals surface area contributed by atoms with Gasteiger partial charge < -0.3 is 9.84 Å². The molecule has 2 aliphatic rings. The molecular formula is C6H8O2. The third-order valence-corrected chi connectivity index (χ3v) is 1.66. The van der Waals surface area contributed by atoms with Gasteiger partial charge in [0, 0.05) is 0 Å². The first kappa shape index (κ1) is 4.53. The molecule has 2 rings (SSSR count). The molecule has 0 aromatic heterocycles. The van der Waals surface area contributed by atoms with Crippen molar-refractivity contribution in [3.8, 4) is 0 Å². The molecule has 1 saturated heterocycles. The summed E-state index contributed by atoms with van der Waals surface area (Å²) in [5.41, 5.74) is 0. The Kier molecular flexibility index (Phi) is 0.754. The third kappa shape index (κ3) is 0.501. The largest absolute Gasteiger partial charge is 0.386 e. The molecule has 0 aromatic rings. The maximum Gasteiger partial charge on any atom is 0.114 e. The second-order valence-electron chi connectivity index (χ2n) is 2.29. The van der Waals surface area contributed by atoms with E-state index in [9.17, 15) is 0 Å². The lowest BCUT2D eigenvalue weighted by molar-refractivity contribution is 0.178. The second kappa shape index (κ2) is 1.33. The van der Waals surface area contributed by atoms with E-state index >= 15 is 0 Å². The van der Waals surface area contributed by atoms with Crippen molar-refractivity contribution in [1.82, 2.24) is 0 Å². The molecule has 44 valence electrons. The van der Waals surface area contributed by atoms with Gasteiger partial charge in [0.1, 0.15) is 12.2 Å². The average molecular weight is 112 g/mol. The first-order chi connectivity index (χ1) is 3.88. The van der Waals surface area contributed by atoms with Gasteiger partial charge in [0.2, 0.25) is 0 Å². The van der Waals surface area contributed by atoms with E-state index in [1.807, 2.05) is 6.08 Å². The maximum atomic E-state index is 9.01. The van der Waals surface area contributed by atoms with Crippen molar-refractivity contribution in [2.24, 2.45) is 0 Å². The van der Waals surface area contributed by atoms with Crippen LogP contribution in [-0.2, 0) is 4.74 Å². The minimum absolute atomic E-state index is 0.139. The molecule has 0 amide bonds. The van der Waals surface area contributed by atoms with Crippen LogP contribution in [0, 0.1) is 0 Å². The first-order valence-electron chi connectivity index (χ1n) is 2.88. The summed E-state index contributed by atoms with van der Waals surface area (Å²) in [6, 6.07) is 0. The Morgan fingerprint density at radius 3 is 3.12 bits per heavy atom. The summed E-state index contributed by atoms with van der Waals surface area (Å²) >= 11 is 0. The second-order valence-corrected chi connectivity index (χ2v) is 2.29. The highest BCUT2D eigenvalue weighted by molar-refractivity contribution is 5.09. The van der Waals surface area contributed by atoms with Gasteiger partial charge in [0.25, 0.3) is 0 Å². The highest BCUT2D eigenvalue weighted by Gasteiger charge is 2.44. The van der Waals surface area contributed by atoms with Crippen LogP contribution in [0.3, 0.4) is 0 Å². The van der Waals surface area contributed by atoms with Gasteiger partial charge in [0.15, 0.2) is 0 Å². The van der Waals surface area contributed by atoms with Gasteiger partial charge in [-0.25, -0.2) is 0 Å². The first-order valence-corrected chi connectivity index (χ1v) is 2.88. The fourth-order valence-electron chi connectivity index (χ4n) is 1.11. The van der Waals surface area contributed by atoms with Crippen LogP contribution in [-0.4, -0.2) is 23.4 Å². The van der Waals surface area contributed by atoms with Gasteiger partial charge in [-0.1, -0.05) is 12.2 Å². The van der Waals surface area contributed by atoms with Crippen LogP contribution in [0.15, 0.2) is 12.2 Å². The zero-order chi connectivity index (χ0) is 5.56. The minimum Gasteiger partial charge on any atom is -0.386 e. The lowest BCUT2D eigenvalue weighted by Gasteiger charge is -2.02. The third-order valence-electron chi connectivity index (χ3n) is 1.66. The summed E-state index contributed by atoms with van der Waals surface area (Å²) < 4.78 is 5.08. The van der Waals surface area contributed by atoms with E-state index in [0.29, 0.717) is 6.10 Å². The molecule has 2 nitrogen and oxygen atoms in total. The Hall–Kier alpha value is -0.340. The molecule has 0 spiro atoms. The van der Waals surface area contributed by atoms with Crippen molar-refractivity contribution in [2.45, 2.75) is 24.7 Å². The molecular weight excluding hydrogens is 104 g/mol. The maximum absolute atomic E-state index is 9.01. The summed E-state index contributed by atoms with van der Waals surface area (Å²) in [6.45, 7) is 0. The van der Waals surface area contributed by atoms with E-state index in [1.54, 1.807) is 6.08 Å². The highest BCUT2D eigenvalue weighted by Crippen LogP contribution is 2.32. The fraction of sp³-hybridized carbons (Fsp3) is 0.667. The van der Waals surface area contributed by atoms with Crippen LogP contribution in [0.5, 0.6) is 0 Å². The lowest BCUT2D eigenvalue weighted by Crippen LogP contribution is -2.16. The van der Waals surface area contributed by atoms with Gasteiger partial charge in [-0.3, -0.25) is 0 Å². The summed E-state index contributed by atoms with van der Waals surface area (Å²) in [5.74, 6) is 0. The smallest absolute Gasteiger partial charge is 0.114 e. The van der Waals surface area contributed by atoms with Crippen LogP contribution in [0.1, 0.15) is 6.42 Å². The average Bonchev–Trinajstić information content (AvgIpc) is 2.45. The predicted molar refractivity (Wildman–Crippen MR) is 28.4 cm³/mol. The van der Waals surface area contributed by atoms with Crippen molar-refractivity contribution in [2.75, 3.05) is 0 Å². The van der Waals surface area contributed by atoms with Crippen molar-refractivity contribution in [1.29, 1.82) is 0 Å². The summed E-state index contributed by atoms with van der Waals surface area (Å²) in [7, 11) is 0. The Labute approximate surface area is 47.8 Å². The van der Waals surface area contributed by atoms with E-state index < -0.39 is 0 Å². The van der Waals surface area contributed by atoms with E-state index in [-0.39, 0.29) is 12.2 Å². The number of ether oxygens (including phenoxy) is 1. The zero-order valence-corrected chi connectivity index (χ0v) is 4.45. The lowest BCUT2D eigenvalue weighted by atomic mass is 10.1. The molecule has 8 heavy (non-hydrogen) atoms. The molecule has 1 heterocycles. The number of epoxide rings is 1. The number of aliphatic hydroxyl groups excluding tert-OH is 1. The molecule has 0 radical (unpaired) electrons. The molecule has 1 aliphatic carbocycles. The van der Waals surface area contributed by atoms with Crippen LogP contribution in [0.4, 0.5) is 0 Å². The van der Waals surface area contributed by atoms with Gasteiger partial charge in [0.05, 0.1) is 6.10 Å². The molecule has 0 aromatic carbocycles. The summed E-state index contributed by atoms with van der Waals surface area (Å²) in [5, 5.41) is 9.01. The molecule has 3 atom stereocenters. The quantitative estimate of drug-likeness (QED) is 0.355. The Morgan fingerprint density at radius 1 is 1.62 bits per heavy atom. The molecule has 0 bridgehead atoms. The van der Waals surface area contributed by atoms with Gasteiger partial charge in [-0.2, -0.15) is 0 Å². The van der Waals surface area contributed by atoms with Crippen molar-refractivity contribution in [3.63, 3.8) is 0 Å². The number of aliphatic hydroxyl groups is 1. The number of rotatable bonds is 0. The van der Waals surface area contributed by atoms with Crippen molar-refractivity contribution < 1.29 is 9.84 Å². The van der Waals surface area contributed by atoms with Crippen LogP contribution >= 0.6 is 0 Å². The monoisotopic (exact) mass is 112 g/mol. The Balaban J connectivity index is 2.13. The summed E-state index contributed by atoms with van der Waals surface area (Å²) in [6.07, 6.45) is 4.91. The summed E-state index contributed by atoms with van der Waals surface area (Å²) in [4.78, 5) is 0. The Morgan fingerprint density at radius 2 is 2.50 bits per heavy atom. The molecule has 1 fully saturated rings. The van der Waals surface area contributed by atoms with E-state index in [4.69, 9.17) is 9.84 Å². The molecule has 1 aliphatic heterocycles. The van der Waals surface area contributed by atoms with Crippen LogP contribution < -0.4 is 0 Å². The number of fused-ring (bicyclic) bond motifs is 1. The van der Waals surface area contributed by atoms with Crippen LogP contribution in [0.2, 0.25) is 0 Å². The SMILES string of the molecule is O[C@H]1C=CC[C@@H]2O[C@@H]21. The Bertz CT molecular complexity index is 130. The van der Waals surface area contributed by atoms with E-state index in [0.717, 1.165) is 6.42 Å². The molecule has 0 unspecified atom stereocenters. The topological polar surface area (TPSA) is 32.8 Å². The van der Waals surface area contributed by atoms with E-state index in [1.165, 1.54) is 0 Å². The predicted octanol–water partition coefficient (Wildman–Crippen LogP) is 0.0746. The normalized spacial score (nSPS) is 50.9. The number of hydrogen-bond acceptors (Lipinski definition) is 2. The van der Waals surface area contributed by atoms with Gasteiger partial charge in [-0.05, 0) is 6.42 Å². The number of hydrogen-bond donors (Lipinski definition) is 1. The highest BCUT2D eigenvalue weighted by atomic mass is 16.6. The zero-order valence-electron chi connectivity index (χ0n) is 4.45. The standard InChI is InChI=1S/C6H8O2/c7-4-2-1-3-5-6(4)8-5/h1-2,4-7H,3H2/t4-,5-,6+/m0/s1. The van der Waals surface area contributed by atoms with Crippen molar-refractivity contribution >= 4 is 0 Å². The minimum atomic E-state index is -0.325. The van der Waals surface area contributed by atoms with Crippen molar-refractivity contribution in [3.05, 3.63) is 12.2 Å². The molecule has 2 heteroatoms. The molecule has 1 N–H and O–H groups in total.